The summed E-state index contributed by atoms with van der Waals surface area (Å²) in [6, 6.07) is 4.79. The monoisotopic (exact) mass is 242 g/mol. The number of hydrogen-bond acceptors (Lipinski definition) is 4. The fourth-order valence-corrected chi connectivity index (χ4v) is 2.22. The van der Waals surface area contributed by atoms with Gasteiger partial charge in [0.15, 0.2) is 0 Å². The molecular formula is C10H14N2O3S. The second-order valence-corrected chi connectivity index (χ2v) is 5.37. The molecule has 0 heterocycles. The molecule has 1 fully saturated rings. The van der Waals surface area contributed by atoms with E-state index in [-0.39, 0.29) is 17.5 Å². The van der Waals surface area contributed by atoms with Crippen LogP contribution in [0.2, 0.25) is 0 Å². The van der Waals surface area contributed by atoms with Crippen molar-refractivity contribution in [1.29, 1.82) is 0 Å². The van der Waals surface area contributed by atoms with Crippen molar-refractivity contribution in [3.05, 3.63) is 23.8 Å². The maximum atomic E-state index is 11.3. The summed E-state index contributed by atoms with van der Waals surface area (Å²) in [6.07, 6.45) is 2.25. The summed E-state index contributed by atoms with van der Waals surface area (Å²) in [4.78, 5) is 0.0492. The lowest BCUT2D eigenvalue weighted by Crippen LogP contribution is -2.16. The third-order valence-corrected chi connectivity index (χ3v) is 3.39. The van der Waals surface area contributed by atoms with Gasteiger partial charge in [0, 0.05) is 12.6 Å². The Morgan fingerprint density at radius 2 is 2.06 bits per heavy atom. The van der Waals surface area contributed by atoms with Gasteiger partial charge in [-0.3, -0.25) is 0 Å². The van der Waals surface area contributed by atoms with Gasteiger partial charge in [0.1, 0.15) is 5.75 Å². The highest BCUT2D eigenvalue weighted by Crippen LogP contribution is 2.29. The van der Waals surface area contributed by atoms with Crippen LogP contribution in [-0.2, 0) is 16.6 Å². The Morgan fingerprint density at radius 3 is 2.56 bits per heavy atom. The normalized spacial score (nSPS) is 16.1. The van der Waals surface area contributed by atoms with Crippen LogP contribution in [0.1, 0.15) is 18.4 Å². The zero-order valence-corrected chi connectivity index (χ0v) is 9.53. The van der Waals surface area contributed by atoms with Gasteiger partial charge in [-0.25, -0.2) is 13.6 Å². The topological polar surface area (TPSA) is 95.4 Å². The molecule has 6 heteroatoms. The molecule has 16 heavy (non-hydrogen) atoms. The number of benzene rings is 1. The van der Waals surface area contributed by atoms with Crippen molar-refractivity contribution < 1.29 is 13.2 Å². The van der Waals surface area contributed by atoms with Crippen molar-refractivity contribution in [3.63, 3.8) is 0 Å². The molecule has 0 aliphatic heterocycles. The molecule has 0 atom stereocenters. The molecule has 1 aromatic rings. The highest BCUT2D eigenvalue weighted by atomic mass is 32.2. The molecule has 88 valence electrons. The van der Waals surface area contributed by atoms with Crippen LogP contribution >= 0.6 is 0 Å². The summed E-state index contributed by atoms with van der Waals surface area (Å²) in [5.41, 5.74) is 5.96. The number of rotatable bonds is 4. The fourth-order valence-electron chi connectivity index (χ4n) is 1.42. The van der Waals surface area contributed by atoms with Gasteiger partial charge in [0.25, 0.3) is 0 Å². The Morgan fingerprint density at radius 1 is 1.38 bits per heavy atom. The Labute approximate surface area is 94.4 Å². The van der Waals surface area contributed by atoms with Crippen molar-refractivity contribution in [3.8, 4) is 5.75 Å². The highest BCUT2D eigenvalue weighted by molar-refractivity contribution is 7.89. The largest absolute Gasteiger partial charge is 0.490 e. The summed E-state index contributed by atoms with van der Waals surface area (Å²) in [5, 5.41) is 5.11. The minimum absolute atomic E-state index is 0.0492. The van der Waals surface area contributed by atoms with E-state index in [1.165, 1.54) is 6.07 Å². The van der Waals surface area contributed by atoms with Crippen molar-refractivity contribution in [2.24, 2.45) is 10.9 Å². The van der Waals surface area contributed by atoms with Gasteiger partial charge in [-0.2, -0.15) is 0 Å². The van der Waals surface area contributed by atoms with Crippen LogP contribution in [0.15, 0.2) is 23.1 Å². The van der Waals surface area contributed by atoms with E-state index in [1.54, 1.807) is 12.1 Å². The molecule has 1 aliphatic carbocycles. The number of nitrogens with two attached hydrogens (primary N) is 2. The van der Waals surface area contributed by atoms with Gasteiger partial charge in [-0.05, 0) is 24.5 Å². The quantitative estimate of drug-likeness (QED) is 0.795. The summed E-state index contributed by atoms with van der Waals surface area (Å²) in [7, 11) is -3.74. The maximum absolute atomic E-state index is 11.3. The van der Waals surface area contributed by atoms with E-state index < -0.39 is 10.0 Å². The lowest BCUT2D eigenvalue weighted by molar-refractivity contribution is 0.302. The Balaban J connectivity index is 2.37. The SMILES string of the molecule is NCc1ccc(OC2CC2)cc1S(N)(=O)=O. The van der Waals surface area contributed by atoms with Gasteiger partial charge < -0.3 is 10.5 Å². The summed E-state index contributed by atoms with van der Waals surface area (Å²) < 4.78 is 28.2. The van der Waals surface area contributed by atoms with Crippen molar-refractivity contribution in [2.75, 3.05) is 0 Å². The standard InChI is InChI=1S/C10H14N2O3S/c11-6-7-1-2-9(15-8-3-4-8)5-10(7)16(12,13)14/h1-2,5,8H,3-4,6,11H2,(H2,12,13,14). The van der Waals surface area contributed by atoms with Crippen molar-refractivity contribution >= 4 is 10.0 Å². The lowest BCUT2D eigenvalue weighted by atomic mass is 10.2. The van der Waals surface area contributed by atoms with Gasteiger partial charge in [-0.15, -0.1) is 0 Å². The fraction of sp³-hybridized carbons (Fsp3) is 0.400. The molecule has 1 saturated carbocycles. The minimum atomic E-state index is -3.74. The smallest absolute Gasteiger partial charge is 0.238 e. The van der Waals surface area contributed by atoms with Crippen LogP contribution in [0.3, 0.4) is 0 Å². The Kier molecular flexibility index (Phi) is 2.88. The Hall–Kier alpha value is -1.11. The van der Waals surface area contributed by atoms with Crippen molar-refractivity contribution in [2.45, 2.75) is 30.4 Å². The summed E-state index contributed by atoms with van der Waals surface area (Å²) in [5.74, 6) is 0.531. The number of ether oxygens (including phenoxy) is 1. The third-order valence-electron chi connectivity index (χ3n) is 2.39. The second kappa shape index (κ2) is 4.04. The molecule has 0 saturated heterocycles. The van der Waals surface area contributed by atoms with Crippen molar-refractivity contribution in [1.82, 2.24) is 0 Å². The zero-order chi connectivity index (χ0) is 11.8. The average molecular weight is 242 g/mol. The van der Waals surface area contributed by atoms with E-state index in [0.717, 1.165) is 12.8 Å². The van der Waals surface area contributed by atoms with E-state index in [1.807, 2.05) is 0 Å². The number of primary sulfonamides is 1. The molecule has 0 unspecified atom stereocenters. The molecular weight excluding hydrogens is 228 g/mol. The minimum Gasteiger partial charge on any atom is -0.490 e. The summed E-state index contributed by atoms with van der Waals surface area (Å²) in [6.45, 7) is 0.134. The Bertz CT molecular complexity index is 495. The first-order valence-corrected chi connectivity index (χ1v) is 6.58. The molecule has 1 aromatic carbocycles. The van der Waals surface area contributed by atoms with Crippen LogP contribution in [0.5, 0.6) is 5.75 Å². The van der Waals surface area contributed by atoms with Gasteiger partial charge in [-0.1, -0.05) is 6.07 Å². The molecule has 5 nitrogen and oxygen atoms in total. The molecule has 0 bridgehead atoms. The molecule has 0 spiro atoms. The average Bonchev–Trinajstić information content (AvgIpc) is 3.00. The summed E-state index contributed by atoms with van der Waals surface area (Å²) >= 11 is 0. The highest BCUT2D eigenvalue weighted by Gasteiger charge is 2.24. The lowest BCUT2D eigenvalue weighted by Gasteiger charge is -2.09. The van der Waals surface area contributed by atoms with E-state index >= 15 is 0 Å². The molecule has 0 radical (unpaired) electrons. The first-order chi connectivity index (χ1) is 7.50. The van der Waals surface area contributed by atoms with E-state index in [4.69, 9.17) is 15.6 Å². The predicted octanol–water partition coefficient (Wildman–Crippen LogP) is 0.334. The van der Waals surface area contributed by atoms with E-state index in [9.17, 15) is 8.42 Å². The molecule has 4 N–H and O–H groups in total. The third kappa shape index (κ3) is 2.52. The second-order valence-electron chi connectivity index (χ2n) is 3.84. The van der Waals surface area contributed by atoms with Gasteiger partial charge in [0.05, 0.1) is 11.0 Å². The number of hydrogen-bond donors (Lipinski definition) is 2. The van der Waals surface area contributed by atoms with Crippen LogP contribution < -0.4 is 15.6 Å². The van der Waals surface area contributed by atoms with Crippen LogP contribution in [0.25, 0.3) is 0 Å². The van der Waals surface area contributed by atoms with E-state index in [2.05, 4.69) is 0 Å². The maximum Gasteiger partial charge on any atom is 0.238 e. The zero-order valence-electron chi connectivity index (χ0n) is 8.72. The molecule has 0 aromatic heterocycles. The molecule has 2 rings (SSSR count). The van der Waals surface area contributed by atoms with E-state index in [0.29, 0.717) is 11.3 Å². The molecule has 0 amide bonds. The predicted molar refractivity (Wildman–Crippen MR) is 59.4 cm³/mol. The van der Waals surface area contributed by atoms with Crippen LogP contribution in [0.4, 0.5) is 0 Å². The van der Waals surface area contributed by atoms with Gasteiger partial charge >= 0.3 is 0 Å². The van der Waals surface area contributed by atoms with Crippen LogP contribution in [-0.4, -0.2) is 14.5 Å². The first kappa shape index (κ1) is 11.4. The van der Waals surface area contributed by atoms with Crippen LogP contribution in [0, 0.1) is 0 Å². The first-order valence-electron chi connectivity index (χ1n) is 5.03. The molecule has 1 aliphatic rings. The van der Waals surface area contributed by atoms with Gasteiger partial charge in [0.2, 0.25) is 10.0 Å². The number of sulfonamides is 1.